The standard InChI is InChI=1S/C10H18N6O.C2H6/c1-6-11-8-7(13-15-14-8)9(12-6)16(4)5-10(2,3)17;1-2/h13,15,17H,5H2,1-4H3,(H,11,12,14);1-2H3. The SMILES string of the molecule is CC.Cc1nc2c(c(N(C)CC(C)(C)O)n1)NNN2. The summed E-state index contributed by atoms with van der Waals surface area (Å²) in [6, 6.07) is 0. The van der Waals surface area contributed by atoms with Gasteiger partial charge in [-0.1, -0.05) is 13.8 Å². The number of anilines is 3. The lowest BCUT2D eigenvalue weighted by Gasteiger charge is -2.27. The summed E-state index contributed by atoms with van der Waals surface area (Å²) in [6.07, 6.45) is 0. The number of nitrogens with zero attached hydrogens (tertiary/aromatic N) is 3. The van der Waals surface area contributed by atoms with Crippen LogP contribution in [-0.4, -0.2) is 34.3 Å². The van der Waals surface area contributed by atoms with Crippen LogP contribution < -0.4 is 21.3 Å². The van der Waals surface area contributed by atoms with Gasteiger partial charge in [-0.05, 0) is 20.8 Å². The van der Waals surface area contributed by atoms with Gasteiger partial charge in [-0.15, -0.1) is 5.53 Å². The lowest BCUT2D eigenvalue weighted by atomic mass is 10.1. The molecule has 1 aromatic rings. The van der Waals surface area contributed by atoms with Gasteiger partial charge in [0, 0.05) is 13.6 Å². The highest BCUT2D eigenvalue weighted by atomic mass is 16.3. The molecule has 1 aliphatic rings. The molecule has 2 rings (SSSR count). The molecular weight excluding hydrogens is 244 g/mol. The molecule has 4 N–H and O–H groups in total. The highest BCUT2D eigenvalue weighted by Crippen LogP contribution is 2.31. The Labute approximate surface area is 114 Å². The van der Waals surface area contributed by atoms with Crippen molar-refractivity contribution in [1.29, 1.82) is 0 Å². The van der Waals surface area contributed by atoms with Crippen molar-refractivity contribution in [3.05, 3.63) is 5.82 Å². The van der Waals surface area contributed by atoms with Gasteiger partial charge in [0.2, 0.25) is 0 Å². The Kier molecular flexibility index (Phi) is 4.90. The fourth-order valence-electron chi connectivity index (χ4n) is 1.85. The molecule has 0 saturated heterocycles. The van der Waals surface area contributed by atoms with E-state index in [1.807, 2.05) is 32.7 Å². The van der Waals surface area contributed by atoms with Crippen LogP contribution >= 0.6 is 0 Å². The smallest absolute Gasteiger partial charge is 0.172 e. The zero-order chi connectivity index (χ0) is 14.6. The molecular formula is C12H24N6O. The predicted octanol–water partition coefficient (Wildman–Crippen LogP) is 1.28. The normalized spacial score (nSPS) is 12.8. The minimum absolute atomic E-state index is 0.484. The first-order valence-corrected chi connectivity index (χ1v) is 6.46. The summed E-state index contributed by atoms with van der Waals surface area (Å²) in [4.78, 5) is 10.5. The Morgan fingerprint density at radius 3 is 2.42 bits per heavy atom. The third-order valence-corrected chi connectivity index (χ3v) is 2.36. The van der Waals surface area contributed by atoms with Crippen LogP contribution in [0, 0.1) is 6.92 Å². The average Bonchev–Trinajstić information content (AvgIpc) is 2.76. The number of aromatic nitrogens is 2. The first-order valence-electron chi connectivity index (χ1n) is 6.46. The summed E-state index contributed by atoms with van der Waals surface area (Å²) in [7, 11) is 1.89. The minimum Gasteiger partial charge on any atom is -0.389 e. The summed E-state index contributed by atoms with van der Waals surface area (Å²) in [5.41, 5.74) is 8.65. The Bertz CT molecular complexity index is 429. The zero-order valence-corrected chi connectivity index (χ0v) is 12.5. The van der Waals surface area contributed by atoms with Gasteiger partial charge in [0.25, 0.3) is 0 Å². The molecule has 0 aromatic carbocycles. The van der Waals surface area contributed by atoms with Gasteiger partial charge in [0.1, 0.15) is 11.5 Å². The lowest BCUT2D eigenvalue weighted by molar-refractivity contribution is 0.0885. The monoisotopic (exact) mass is 268 g/mol. The third kappa shape index (κ3) is 3.93. The molecule has 0 fully saturated rings. The molecule has 1 aromatic heterocycles. The van der Waals surface area contributed by atoms with E-state index in [9.17, 15) is 5.11 Å². The first-order chi connectivity index (χ1) is 8.87. The van der Waals surface area contributed by atoms with E-state index in [2.05, 4.69) is 26.4 Å². The molecule has 0 amide bonds. The molecule has 2 heterocycles. The molecule has 7 heteroatoms. The van der Waals surface area contributed by atoms with E-state index < -0.39 is 5.60 Å². The summed E-state index contributed by atoms with van der Waals surface area (Å²) in [6.45, 7) is 9.85. The fraction of sp³-hybridized carbons (Fsp3) is 0.667. The van der Waals surface area contributed by atoms with Gasteiger partial charge in [0.15, 0.2) is 11.6 Å². The first kappa shape index (κ1) is 15.5. The van der Waals surface area contributed by atoms with E-state index >= 15 is 0 Å². The maximum atomic E-state index is 9.83. The second-order valence-electron chi connectivity index (χ2n) is 4.86. The maximum absolute atomic E-state index is 9.83. The van der Waals surface area contributed by atoms with Crippen molar-refractivity contribution in [2.24, 2.45) is 0 Å². The van der Waals surface area contributed by atoms with Gasteiger partial charge in [-0.2, -0.15) is 0 Å². The number of hydrazine groups is 2. The summed E-state index contributed by atoms with van der Waals surface area (Å²) >= 11 is 0. The molecule has 108 valence electrons. The van der Waals surface area contributed by atoms with Gasteiger partial charge in [-0.25, -0.2) is 9.97 Å². The molecule has 0 aliphatic carbocycles. The quantitative estimate of drug-likeness (QED) is 0.657. The number of aryl methyl sites for hydroxylation is 1. The van der Waals surface area contributed by atoms with Crippen molar-refractivity contribution in [3.8, 4) is 0 Å². The maximum Gasteiger partial charge on any atom is 0.172 e. The van der Waals surface area contributed by atoms with Crippen LogP contribution in [0.25, 0.3) is 0 Å². The van der Waals surface area contributed by atoms with Crippen molar-refractivity contribution in [2.75, 3.05) is 29.3 Å². The molecule has 0 spiro atoms. The highest BCUT2D eigenvalue weighted by Gasteiger charge is 2.23. The Morgan fingerprint density at radius 2 is 1.84 bits per heavy atom. The van der Waals surface area contributed by atoms with Crippen LogP contribution in [0.4, 0.5) is 17.3 Å². The third-order valence-electron chi connectivity index (χ3n) is 2.36. The number of fused-ring (bicyclic) bond motifs is 1. The molecule has 0 saturated carbocycles. The van der Waals surface area contributed by atoms with Crippen molar-refractivity contribution in [1.82, 2.24) is 15.5 Å². The Morgan fingerprint density at radius 1 is 1.21 bits per heavy atom. The number of likely N-dealkylation sites (N-methyl/N-ethyl adjacent to an activating group) is 1. The molecule has 0 unspecified atom stereocenters. The molecule has 0 radical (unpaired) electrons. The van der Waals surface area contributed by atoms with Gasteiger partial charge in [0.05, 0.1) is 5.60 Å². The van der Waals surface area contributed by atoms with Crippen molar-refractivity contribution >= 4 is 17.3 Å². The van der Waals surface area contributed by atoms with Crippen molar-refractivity contribution < 1.29 is 5.11 Å². The van der Waals surface area contributed by atoms with E-state index in [0.29, 0.717) is 12.4 Å². The zero-order valence-electron chi connectivity index (χ0n) is 12.5. The summed E-state index contributed by atoms with van der Waals surface area (Å²) in [5.74, 6) is 2.15. The predicted molar refractivity (Wildman–Crippen MR) is 78.1 cm³/mol. The van der Waals surface area contributed by atoms with Gasteiger partial charge < -0.3 is 10.0 Å². The van der Waals surface area contributed by atoms with E-state index in [-0.39, 0.29) is 0 Å². The second kappa shape index (κ2) is 6.03. The number of hydrogen-bond donors (Lipinski definition) is 4. The van der Waals surface area contributed by atoms with Crippen LogP contribution in [0.2, 0.25) is 0 Å². The number of hydrogen-bond acceptors (Lipinski definition) is 7. The van der Waals surface area contributed by atoms with E-state index in [1.165, 1.54) is 0 Å². The van der Waals surface area contributed by atoms with Crippen molar-refractivity contribution in [3.63, 3.8) is 0 Å². The van der Waals surface area contributed by atoms with Crippen LogP contribution in [0.1, 0.15) is 33.5 Å². The molecule has 0 bridgehead atoms. The van der Waals surface area contributed by atoms with Crippen LogP contribution in [0.3, 0.4) is 0 Å². The van der Waals surface area contributed by atoms with Crippen LogP contribution in [0.15, 0.2) is 0 Å². The Hall–Kier alpha value is -1.60. The van der Waals surface area contributed by atoms with E-state index in [1.54, 1.807) is 13.8 Å². The van der Waals surface area contributed by atoms with E-state index in [0.717, 1.165) is 17.3 Å². The van der Waals surface area contributed by atoms with Crippen molar-refractivity contribution in [2.45, 2.75) is 40.2 Å². The summed E-state index contributed by atoms with van der Waals surface area (Å²) in [5, 5.41) is 9.83. The lowest BCUT2D eigenvalue weighted by Crippen LogP contribution is -2.37. The highest BCUT2D eigenvalue weighted by molar-refractivity contribution is 5.79. The Balaban J connectivity index is 0.000000861. The molecule has 1 aliphatic heterocycles. The summed E-state index contributed by atoms with van der Waals surface area (Å²) < 4.78 is 0. The number of rotatable bonds is 3. The molecule has 0 atom stereocenters. The second-order valence-corrected chi connectivity index (χ2v) is 4.86. The minimum atomic E-state index is -0.778. The average molecular weight is 268 g/mol. The topological polar surface area (TPSA) is 85.3 Å². The van der Waals surface area contributed by atoms with Crippen LogP contribution in [0.5, 0.6) is 0 Å². The molecule has 19 heavy (non-hydrogen) atoms. The molecule has 7 nitrogen and oxygen atoms in total. The fourth-order valence-corrected chi connectivity index (χ4v) is 1.85. The number of aliphatic hydroxyl groups is 1. The van der Waals surface area contributed by atoms with Gasteiger partial charge >= 0.3 is 0 Å². The van der Waals surface area contributed by atoms with Gasteiger partial charge in [-0.3, -0.25) is 10.9 Å². The number of nitrogens with one attached hydrogen (secondary N) is 3. The van der Waals surface area contributed by atoms with Crippen LogP contribution in [-0.2, 0) is 0 Å². The largest absolute Gasteiger partial charge is 0.389 e. The van der Waals surface area contributed by atoms with E-state index in [4.69, 9.17) is 0 Å².